The fourth-order valence-electron chi connectivity index (χ4n) is 0.767. The van der Waals surface area contributed by atoms with E-state index in [1.807, 2.05) is 31.2 Å². The second-order valence-electron chi connectivity index (χ2n) is 1.97. The summed E-state index contributed by atoms with van der Waals surface area (Å²) in [7, 11) is 5.58. The number of hydrogen-bond acceptors (Lipinski definition) is 1. The topological polar surface area (TPSA) is 9.23 Å². The van der Waals surface area contributed by atoms with Crippen LogP contribution in [0.1, 0.15) is 6.92 Å². The van der Waals surface area contributed by atoms with Gasteiger partial charge in [0.25, 0.3) is 0 Å². The standard InChI is InChI=1S/C8H9BO/c1-2-10-8-6-4-3-5-7(8)9/h3-6H,2H2,1H3. The van der Waals surface area contributed by atoms with Crippen molar-refractivity contribution in [2.24, 2.45) is 0 Å². The van der Waals surface area contributed by atoms with E-state index in [0.29, 0.717) is 12.1 Å². The molecule has 0 aliphatic carbocycles. The highest BCUT2D eigenvalue weighted by Gasteiger charge is 1.92. The molecule has 0 aliphatic heterocycles. The van der Waals surface area contributed by atoms with Crippen LogP contribution in [-0.4, -0.2) is 14.5 Å². The molecule has 1 nitrogen and oxygen atoms in total. The fraction of sp³-hybridized carbons (Fsp3) is 0.250. The highest BCUT2D eigenvalue weighted by atomic mass is 16.5. The zero-order chi connectivity index (χ0) is 7.40. The Balaban J connectivity index is 2.81. The summed E-state index contributed by atoms with van der Waals surface area (Å²) in [6, 6.07) is 7.48. The first-order valence-corrected chi connectivity index (χ1v) is 3.32. The number of para-hydroxylation sites is 1. The van der Waals surface area contributed by atoms with E-state index in [1.165, 1.54) is 0 Å². The summed E-state index contributed by atoms with van der Waals surface area (Å²) in [5.74, 6) is 0.769. The van der Waals surface area contributed by atoms with Gasteiger partial charge in [0.05, 0.1) is 6.61 Å². The molecule has 50 valence electrons. The second-order valence-corrected chi connectivity index (χ2v) is 1.97. The Morgan fingerprint density at radius 3 is 2.70 bits per heavy atom. The van der Waals surface area contributed by atoms with E-state index in [0.717, 1.165) is 5.75 Å². The molecule has 1 rings (SSSR count). The van der Waals surface area contributed by atoms with Crippen LogP contribution in [0.25, 0.3) is 0 Å². The Bertz CT molecular complexity index is 210. The normalized spacial score (nSPS) is 9.30. The van der Waals surface area contributed by atoms with Crippen LogP contribution >= 0.6 is 0 Å². The SMILES string of the molecule is [B]c1ccccc1OCC. The van der Waals surface area contributed by atoms with Gasteiger partial charge in [0, 0.05) is 0 Å². The second kappa shape index (κ2) is 3.30. The molecule has 2 heteroatoms. The van der Waals surface area contributed by atoms with E-state index in [-0.39, 0.29) is 0 Å². The molecule has 0 aliphatic rings. The molecule has 0 atom stereocenters. The lowest BCUT2D eigenvalue weighted by Crippen LogP contribution is -2.07. The molecule has 0 N–H and O–H groups in total. The minimum atomic E-state index is 0.661. The summed E-state index contributed by atoms with van der Waals surface area (Å²) >= 11 is 0. The Morgan fingerprint density at radius 1 is 1.40 bits per heavy atom. The first kappa shape index (κ1) is 7.20. The third-order valence-electron chi connectivity index (χ3n) is 1.22. The monoisotopic (exact) mass is 132 g/mol. The zero-order valence-corrected chi connectivity index (χ0v) is 6.00. The minimum absolute atomic E-state index is 0.661. The molecular formula is C8H9BO. The summed E-state index contributed by atoms with van der Waals surface area (Å²) in [5, 5.41) is 0. The van der Waals surface area contributed by atoms with Crippen molar-refractivity contribution in [3.63, 3.8) is 0 Å². The number of hydrogen-bond donors (Lipinski definition) is 0. The third kappa shape index (κ3) is 1.53. The number of rotatable bonds is 2. The van der Waals surface area contributed by atoms with Crippen molar-refractivity contribution >= 4 is 13.3 Å². The summed E-state index contributed by atoms with van der Waals surface area (Å²) in [6.07, 6.45) is 0. The minimum Gasteiger partial charge on any atom is -0.495 e. The van der Waals surface area contributed by atoms with Crippen molar-refractivity contribution in [2.75, 3.05) is 6.61 Å². The molecule has 1 aromatic rings. The van der Waals surface area contributed by atoms with Crippen LogP contribution < -0.4 is 10.2 Å². The maximum Gasteiger partial charge on any atom is 0.119 e. The van der Waals surface area contributed by atoms with Gasteiger partial charge in [-0.05, 0) is 13.0 Å². The highest BCUT2D eigenvalue weighted by molar-refractivity contribution is 6.34. The maximum atomic E-state index is 5.58. The van der Waals surface area contributed by atoms with Crippen LogP contribution in [0.2, 0.25) is 0 Å². The van der Waals surface area contributed by atoms with Gasteiger partial charge in [-0.2, -0.15) is 0 Å². The van der Waals surface area contributed by atoms with Crippen molar-refractivity contribution in [1.82, 2.24) is 0 Å². The van der Waals surface area contributed by atoms with Crippen LogP contribution in [0.5, 0.6) is 5.75 Å². The van der Waals surface area contributed by atoms with Gasteiger partial charge in [0.1, 0.15) is 13.6 Å². The van der Waals surface area contributed by atoms with Gasteiger partial charge < -0.3 is 4.74 Å². The fourth-order valence-corrected chi connectivity index (χ4v) is 0.767. The summed E-state index contributed by atoms with van der Waals surface area (Å²) in [4.78, 5) is 0. The molecular weight excluding hydrogens is 123 g/mol. The maximum absolute atomic E-state index is 5.58. The van der Waals surface area contributed by atoms with Gasteiger partial charge in [-0.3, -0.25) is 0 Å². The van der Waals surface area contributed by atoms with E-state index >= 15 is 0 Å². The molecule has 0 spiro atoms. The quantitative estimate of drug-likeness (QED) is 0.542. The Morgan fingerprint density at radius 2 is 2.10 bits per heavy atom. The Kier molecular flexibility index (Phi) is 2.38. The molecule has 0 unspecified atom stereocenters. The van der Waals surface area contributed by atoms with Crippen molar-refractivity contribution < 1.29 is 4.74 Å². The van der Waals surface area contributed by atoms with Crippen molar-refractivity contribution in [2.45, 2.75) is 6.92 Å². The van der Waals surface area contributed by atoms with E-state index < -0.39 is 0 Å². The Hall–Kier alpha value is -0.915. The average Bonchev–Trinajstić information content (AvgIpc) is 1.94. The van der Waals surface area contributed by atoms with E-state index in [2.05, 4.69) is 0 Å². The van der Waals surface area contributed by atoms with E-state index in [9.17, 15) is 0 Å². The summed E-state index contributed by atoms with van der Waals surface area (Å²) in [6.45, 7) is 2.60. The molecule has 0 aromatic heterocycles. The average molecular weight is 132 g/mol. The predicted molar refractivity (Wildman–Crippen MR) is 43.0 cm³/mol. The van der Waals surface area contributed by atoms with Gasteiger partial charge in [0.2, 0.25) is 0 Å². The lowest BCUT2D eigenvalue weighted by atomic mass is 9.95. The third-order valence-corrected chi connectivity index (χ3v) is 1.22. The Labute approximate surface area is 62.4 Å². The molecule has 10 heavy (non-hydrogen) atoms. The molecule has 2 radical (unpaired) electrons. The van der Waals surface area contributed by atoms with E-state index in [4.69, 9.17) is 12.6 Å². The number of ether oxygens (including phenoxy) is 1. The van der Waals surface area contributed by atoms with Gasteiger partial charge in [-0.25, -0.2) is 0 Å². The molecule has 0 heterocycles. The van der Waals surface area contributed by atoms with Crippen LogP contribution in [-0.2, 0) is 0 Å². The molecule has 0 saturated carbocycles. The van der Waals surface area contributed by atoms with Crippen molar-refractivity contribution in [3.05, 3.63) is 24.3 Å². The zero-order valence-electron chi connectivity index (χ0n) is 6.00. The van der Waals surface area contributed by atoms with Gasteiger partial charge in [-0.1, -0.05) is 23.7 Å². The molecule has 1 aromatic carbocycles. The van der Waals surface area contributed by atoms with Crippen molar-refractivity contribution in [1.29, 1.82) is 0 Å². The van der Waals surface area contributed by atoms with Crippen LogP contribution in [0.15, 0.2) is 24.3 Å². The summed E-state index contributed by atoms with van der Waals surface area (Å²) < 4.78 is 5.21. The van der Waals surface area contributed by atoms with Gasteiger partial charge in [0.15, 0.2) is 0 Å². The van der Waals surface area contributed by atoms with Gasteiger partial charge >= 0.3 is 0 Å². The lowest BCUT2D eigenvalue weighted by molar-refractivity contribution is 0.343. The van der Waals surface area contributed by atoms with Crippen LogP contribution in [0, 0.1) is 0 Å². The lowest BCUT2D eigenvalue weighted by Gasteiger charge is -2.04. The molecule has 0 fully saturated rings. The smallest absolute Gasteiger partial charge is 0.119 e. The van der Waals surface area contributed by atoms with Crippen LogP contribution in [0.3, 0.4) is 0 Å². The number of benzene rings is 1. The highest BCUT2D eigenvalue weighted by Crippen LogP contribution is 2.03. The largest absolute Gasteiger partial charge is 0.495 e. The molecule has 0 saturated heterocycles. The van der Waals surface area contributed by atoms with Crippen molar-refractivity contribution in [3.8, 4) is 5.75 Å². The predicted octanol–water partition coefficient (Wildman–Crippen LogP) is 0.879. The van der Waals surface area contributed by atoms with Crippen LogP contribution in [0.4, 0.5) is 0 Å². The van der Waals surface area contributed by atoms with Gasteiger partial charge in [-0.15, -0.1) is 0 Å². The summed E-state index contributed by atoms with van der Waals surface area (Å²) in [5.41, 5.74) is 0.698. The first-order valence-electron chi connectivity index (χ1n) is 3.32. The molecule has 0 amide bonds. The first-order chi connectivity index (χ1) is 4.84. The van der Waals surface area contributed by atoms with E-state index in [1.54, 1.807) is 0 Å². The molecule has 0 bridgehead atoms.